The molecule has 1 aliphatic heterocycles. The highest BCUT2D eigenvalue weighted by Gasteiger charge is 2.00. The lowest BCUT2D eigenvalue weighted by atomic mass is 10.9. The minimum absolute atomic E-state index is 1.11. The van der Waals surface area contributed by atoms with Gasteiger partial charge in [0.15, 0.2) is 0 Å². The van der Waals surface area contributed by atoms with Crippen LogP contribution in [0.25, 0.3) is 0 Å². The van der Waals surface area contributed by atoms with Crippen molar-refractivity contribution in [1.29, 1.82) is 0 Å². The molecule has 10 heavy (non-hydrogen) atoms. The standard InChI is InChI=1S/C4H6N4O2/c9-4(10)7-8-3-5-1-2-6-8/h1-3,6-7H,(H,9,10). The molecule has 0 aliphatic carbocycles. The molecule has 1 aliphatic rings. The normalized spacial score (nSPS) is 14.6. The fourth-order valence-electron chi connectivity index (χ4n) is 0.459. The van der Waals surface area contributed by atoms with Crippen LogP contribution in [0, 0.1) is 0 Å². The summed E-state index contributed by atoms with van der Waals surface area (Å²) in [5.74, 6) is 0. The van der Waals surface area contributed by atoms with E-state index in [-0.39, 0.29) is 0 Å². The Labute approximate surface area is 56.8 Å². The Morgan fingerprint density at radius 3 is 3.10 bits per heavy atom. The van der Waals surface area contributed by atoms with Crippen LogP contribution >= 0.6 is 0 Å². The summed E-state index contributed by atoms with van der Waals surface area (Å²) in [5.41, 5.74) is 4.58. The largest absolute Gasteiger partial charge is 0.464 e. The van der Waals surface area contributed by atoms with Gasteiger partial charge in [0, 0.05) is 12.4 Å². The third-order valence-electron chi connectivity index (χ3n) is 0.772. The predicted molar refractivity (Wildman–Crippen MR) is 33.8 cm³/mol. The molecule has 0 saturated carbocycles. The van der Waals surface area contributed by atoms with Crippen LogP contribution < -0.4 is 10.9 Å². The van der Waals surface area contributed by atoms with E-state index in [0.717, 1.165) is 5.12 Å². The number of nitrogens with zero attached hydrogens (tertiary/aromatic N) is 2. The molecule has 0 unspecified atom stereocenters. The highest BCUT2D eigenvalue weighted by Crippen LogP contribution is 1.81. The molecule has 0 radical (unpaired) electrons. The first-order valence-corrected chi connectivity index (χ1v) is 2.52. The van der Waals surface area contributed by atoms with Gasteiger partial charge >= 0.3 is 6.09 Å². The van der Waals surface area contributed by atoms with E-state index in [2.05, 4.69) is 10.4 Å². The van der Waals surface area contributed by atoms with Crippen LogP contribution in [-0.2, 0) is 0 Å². The molecule has 1 heterocycles. The number of rotatable bonds is 1. The van der Waals surface area contributed by atoms with E-state index < -0.39 is 6.09 Å². The Kier molecular flexibility index (Phi) is 1.74. The van der Waals surface area contributed by atoms with Gasteiger partial charge in [0.25, 0.3) is 0 Å². The molecule has 0 aromatic heterocycles. The van der Waals surface area contributed by atoms with E-state index >= 15 is 0 Å². The topological polar surface area (TPSA) is 77.0 Å². The van der Waals surface area contributed by atoms with E-state index in [0.29, 0.717) is 0 Å². The smallest absolute Gasteiger partial charge is 0.425 e. The Bertz CT molecular complexity index is 188. The minimum Gasteiger partial charge on any atom is -0.464 e. The van der Waals surface area contributed by atoms with Crippen LogP contribution in [0.5, 0.6) is 0 Å². The van der Waals surface area contributed by atoms with Crippen molar-refractivity contribution in [2.24, 2.45) is 4.99 Å². The van der Waals surface area contributed by atoms with Gasteiger partial charge in [0.05, 0.1) is 0 Å². The van der Waals surface area contributed by atoms with Crippen molar-refractivity contribution in [1.82, 2.24) is 16.0 Å². The number of hydrogen-bond acceptors (Lipinski definition) is 4. The van der Waals surface area contributed by atoms with Gasteiger partial charge in [-0.1, -0.05) is 0 Å². The third-order valence-corrected chi connectivity index (χ3v) is 0.772. The van der Waals surface area contributed by atoms with E-state index in [4.69, 9.17) is 5.11 Å². The van der Waals surface area contributed by atoms with Crippen molar-refractivity contribution in [2.45, 2.75) is 0 Å². The van der Waals surface area contributed by atoms with E-state index in [1.165, 1.54) is 18.7 Å². The number of nitrogens with one attached hydrogen (secondary N) is 2. The van der Waals surface area contributed by atoms with Gasteiger partial charge in [-0.3, -0.25) is 5.43 Å². The monoisotopic (exact) mass is 142 g/mol. The summed E-state index contributed by atoms with van der Waals surface area (Å²) in [7, 11) is 0. The van der Waals surface area contributed by atoms with Gasteiger partial charge in [-0.25, -0.2) is 15.2 Å². The van der Waals surface area contributed by atoms with Crippen LogP contribution in [-0.4, -0.2) is 22.7 Å². The van der Waals surface area contributed by atoms with Gasteiger partial charge in [-0.15, -0.1) is 0 Å². The average molecular weight is 142 g/mol. The van der Waals surface area contributed by atoms with Crippen molar-refractivity contribution < 1.29 is 9.90 Å². The number of carboxylic acid groups (broad SMARTS) is 1. The number of amides is 1. The molecular formula is C4H6N4O2. The number of hydrogen-bond donors (Lipinski definition) is 3. The second kappa shape index (κ2) is 2.72. The molecular weight excluding hydrogens is 136 g/mol. The Morgan fingerprint density at radius 2 is 2.60 bits per heavy atom. The number of hydrazine groups is 2. The van der Waals surface area contributed by atoms with Gasteiger partial charge in [-0.2, -0.15) is 5.12 Å². The van der Waals surface area contributed by atoms with Crippen molar-refractivity contribution in [2.75, 3.05) is 0 Å². The Balaban J connectivity index is 2.37. The van der Waals surface area contributed by atoms with Crippen molar-refractivity contribution in [3.05, 3.63) is 12.4 Å². The fourth-order valence-corrected chi connectivity index (χ4v) is 0.459. The number of carbonyl (C=O) groups is 1. The minimum atomic E-state index is -1.14. The van der Waals surface area contributed by atoms with E-state index in [9.17, 15) is 4.79 Å². The Morgan fingerprint density at radius 1 is 1.80 bits per heavy atom. The molecule has 1 amide bonds. The molecule has 0 aromatic rings. The maximum atomic E-state index is 9.99. The lowest BCUT2D eigenvalue weighted by molar-refractivity contribution is 0.161. The van der Waals surface area contributed by atoms with Crippen LogP contribution in [0.1, 0.15) is 0 Å². The first-order chi connectivity index (χ1) is 4.79. The third kappa shape index (κ3) is 1.66. The average Bonchev–Trinajstić information content (AvgIpc) is 1.88. The van der Waals surface area contributed by atoms with Crippen LogP contribution in [0.3, 0.4) is 0 Å². The van der Waals surface area contributed by atoms with Crippen molar-refractivity contribution >= 4 is 12.4 Å². The molecule has 0 fully saturated rings. The SMILES string of the molecule is O=C(O)NN1C=NC=CN1. The summed E-state index contributed by atoms with van der Waals surface area (Å²) in [6, 6.07) is 0. The Hall–Kier alpha value is -1.72. The first kappa shape index (κ1) is 6.40. The zero-order chi connectivity index (χ0) is 7.40. The lowest BCUT2D eigenvalue weighted by Crippen LogP contribution is -2.47. The zero-order valence-corrected chi connectivity index (χ0v) is 4.98. The summed E-state index contributed by atoms with van der Waals surface area (Å²) in [4.78, 5) is 13.6. The quantitative estimate of drug-likeness (QED) is 0.460. The lowest BCUT2D eigenvalue weighted by Gasteiger charge is -2.18. The molecule has 0 atom stereocenters. The predicted octanol–water partition coefficient (Wildman–Crippen LogP) is -0.511. The first-order valence-electron chi connectivity index (χ1n) is 2.52. The van der Waals surface area contributed by atoms with Gasteiger partial charge in [-0.05, 0) is 0 Å². The molecule has 54 valence electrons. The maximum Gasteiger partial charge on any atom is 0.425 e. The highest BCUT2D eigenvalue weighted by atomic mass is 16.4. The summed E-state index contributed by atoms with van der Waals surface area (Å²) >= 11 is 0. The van der Waals surface area contributed by atoms with Crippen molar-refractivity contribution in [3.63, 3.8) is 0 Å². The zero-order valence-electron chi connectivity index (χ0n) is 4.98. The molecule has 0 aromatic carbocycles. The molecule has 0 bridgehead atoms. The molecule has 0 spiro atoms. The molecule has 1 rings (SSSR count). The molecule has 6 nitrogen and oxygen atoms in total. The van der Waals surface area contributed by atoms with Crippen LogP contribution in [0.4, 0.5) is 4.79 Å². The van der Waals surface area contributed by atoms with E-state index in [1.807, 2.05) is 5.43 Å². The fraction of sp³-hybridized carbons (Fsp3) is 0. The summed E-state index contributed by atoms with van der Waals surface area (Å²) < 4.78 is 0. The summed E-state index contributed by atoms with van der Waals surface area (Å²) in [6.07, 6.45) is 3.15. The number of aliphatic imine (C=N–C) groups is 1. The van der Waals surface area contributed by atoms with Gasteiger partial charge in [0.1, 0.15) is 6.34 Å². The van der Waals surface area contributed by atoms with Crippen molar-refractivity contribution in [3.8, 4) is 0 Å². The van der Waals surface area contributed by atoms with Crippen LogP contribution in [0.2, 0.25) is 0 Å². The molecule has 6 heteroatoms. The second-order valence-electron chi connectivity index (χ2n) is 1.50. The van der Waals surface area contributed by atoms with E-state index in [1.54, 1.807) is 0 Å². The maximum absolute atomic E-state index is 9.99. The van der Waals surface area contributed by atoms with Gasteiger partial charge < -0.3 is 5.11 Å². The summed E-state index contributed by atoms with van der Waals surface area (Å²) in [5, 5.41) is 9.30. The molecule has 3 N–H and O–H groups in total. The second-order valence-corrected chi connectivity index (χ2v) is 1.50. The molecule has 0 saturated heterocycles. The van der Waals surface area contributed by atoms with Gasteiger partial charge in [0.2, 0.25) is 0 Å². The summed E-state index contributed by atoms with van der Waals surface area (Å²) in [6.45, 7) is 0. The van der Waals surface area contributed by atoms with Crippen LogP contribution in [0.15, 0.2) is 17.4 Å². The highest BCUT2D eigenvalue weighted by molar-refractivity contribution is 5.67.